The van der Waals surface area contributed by atoms with Gasteiger partial charge in [0.25, 0.3) is 16.8 Å². The molecule has 2 amide bonds. The normalized spacial score (nSPS) is 14.6. The van der Waals surface area contributed by atoms with Gasteiger partial charge in [0, 0.05) is 22.7 Å². The summed E-state index contributed by atoms with van der Waals surface area (Å²) >= 11 is 6.80. The number of imide groups is 1. The molecule has 0 aromatic heterocycles. The molecule has 0 N–H and O–H groups in total. The molecule has 0 atom stereocenters. The lowest BCUT2D eigenvalue weighted by atomic mass is 10.2. The van der Waals surface area contributed by atoms with E-state index in [0.29, 0.717) is 11.3 Å². The quantitative estimate of drug-likeness (QED) is 0.219. The van der Waals surface area contributed by atoms with Crippen LogP contribution in [0, 0.1) is 15.9 Å². The van der Waals surface area contributed by atoms with Crippen LogP contribution in [0.25, 0.3) is 6.08 Å². The number of hydrogen-bond acceptors (Lipinski definition) is 6. The van der Waals surface area contributed by atoms with Crippen molar-refractivity contribution >= 4 is 46.3 Å². The van der Waals surface area contributed by atoms with E-state index in [1.54, 1.807) is 42.5 Å². The third kappa shape index (κ3) is 5.27. The number of nitrogens with zero attached hydrogens (tertiary/aromatic N) is 2. The molecular weight excluding hydrogens is 483 g/mol. The Morgan fingerprint density at radius 3 is 2.41 bits per heavy atom. The molecule has 0 aliphatic carbocycles. The summed E-state index contributed by atoms with van der Waals surface area (Å²) in [5.74, 6) is -0.537. The summed E-state index contributed by atoms with van der Waals surface area (Å²) in [6.45, 7) is -0.0161. The highest BCUT2D eigenvalue weighted by Gasteiger charge is 2.35. The van der Waals surface area contributed by atoms with Crippen molar-refractivity contribution < 1.29 is 23.6 Å². The van der Waals surface area contributed by atoms with E-state index in [1.807, 2.05) is 0 Å². The second-order valence-electron chi connectivity index (χ2n) is 7.25. The van der Waals surface area contributed by atoms with E-state index < -0.39 is 21.9 Å². The molecule has 0 bridgehead atoms. The number of nitro groups is 1. The first-order valence-corrected chi connectivity index (χ1v) is 11.2. The number of carbonyl (C=O) groups is 2. The van der Waals surface area contributed by atoms with Crippen molar-refractivity contribution in [1.82, 2.24) is 4.90 Å². The highest BCUT2D eigenvalue weighted by Crippen LogP contribution is 2.34. The fraction of sp³-hybridized carbons (Fsp3) is 0.0833. The van der Waals surface area contributed by atoms with Crippen LogP contribution in [0.4, 0.5) is 14.9 Å². The van der Waals surface area contributed by atoms with Gasteiger partial charge in [-0.05, 0) is 65.4 Å². The van der Waals surface area contributed by atoms with Gasteiger partial charge in [-0.15, -0.1) is 0 Å². The number of hydrogen-bond donors (Lipinski definition) is 0. The van der Waals surface area contributed by atoms with E-state index in [9.17, 15) is 24.1 Å². The van der Waals surface area contributed by atoms with Gasteiger partial charge in [0.05, 0.1) is 16.4 Å². The van der Waals surface area contributed by atoms with Gasteiger partial charge in [-0.2, -0.15) is 0 Å². The van der Waals surface area contributed by atoms with Crippen LogP contribution in [0.5, 0.6) is 5.75 Å². The molecule has 0 unspecified atom stereocenters. The Kier molecular flexibility index (Phi) is 6.95. The van der Waals surface area contributed by atoms with Crippen LogP contribution < -0.4 is 4.74 Å². The molecule has 7 nitrogen and oxygen atoms in total. The van der Waals surface area contributed by atoms with Crippen molar-refractivity contribution in [3.8, 4) is 5.75 Å². The van der Waals surface area contributed by atoms with Crippen LogP contribution in [-0.2, 0) is 17.9 Å². The Bertz CT molecular complexity index is 1280. The first kappa shape index (κ1) is 23.5. The van der Waals surface area contributed by atoms with Crippen LogP contribution in [-0.4, -0.2) is 21.0 Å². The number of carbonyl (C=O) groups excluding carboxylic acids is 2. The Morgan fingerprint density at radius 1 is 1.06 bits per heavy atom. The summed E-state index contributed by atoms with van der Waals surface area (Å²) in [6.07, 6.45) is 1.58. The fourth-order valence-corrected chi connectivity index (χ4v) is 4.23. The first-order valence-electron chi connectivity index (χ1n) is 9.96. The molecule has 1 heterocycles. The minimum atomic E-state index is -0.583. The van der Waals surface area contributed by atoms with Gasteiger partial charge in [-0.25, -0.2) is 4.39 Å². The first-order chi connectivity index (χ1) is 16.3. The van der Waals surface area contributed by atoms with E-state index >= 15 is 0 Å². The molecule has 172 valence electrons. The van der Waals surface area contributed by atoms with Gasteiger partial charge in [0.1, 0.15) is 18.2 Å². The minimum absolute atomic E-state index is 0.00881. The molecule has 4 rings (SSSR count). The van der Waals surface area contributed by atoms with E-state index in [-0.39, 0.29) is 34.3 Å². The monoisotopic (exact) mass is 498 g/mol. The van der Waals surface area contributed by atoms with E-state index in [0.717, 1.165) is 22.2 Å². The van der Waals surface area contributed by atoms with Crippen molar-refractivity contribution in [1.29, 1.82) is 0 Å². The average molecular weight is 499 g/mol. The highest BCUT2D eigenvalue weighted by molar-refractivity contribution is 8.18. The van der Waals surface area contributed by atoms with Crippen molar-refractivity contribution in [2.24, 2.45) is 0 Å². The maximum atomic E-state index is 14.1. The second-order valence-corrected chi connectivity index (χ2v) is 8.65. The van der Waals surface area contributed by atoms with Crippen LogP contribution >= 0.6 is 23.4 Å². The van der Waals surface area contributed by atoms with Gasteiger partial charge in [0.15, 0.2) is 0 Å². The van der Waals surface area contributed by atoms with E-state index in [1.165, 1.54) is 30.3 Å². The number of nitro benzene ring substituents is 1. The lowest BCUT2D eigenvalue weighted by molar-refractivity contribution is -0.384. The number of rotatable bonds is 7. The molecule has 0 spiro atoms. The Hall–Kier alpha value is -3.69. The zero-order chi connectivity index (χ0) is 24.2. The summed E-state index contributed by atoms with van der Waals surface area (Å²) in [4.78, 5) is 36.5. The summed E-state index contributed by atoms with van der Waals surface area (Å²) in [6, 6.07) is 17.1. The standard InChI is InChI=1S/C24H16ClFN2O5S/c25-20-2-1-3-21(26)19(20)13-27-23(29)22(34-24(27)30)12-15-6-10-18(11-7-15)33-14-16-4-8-17(9-5-16)28(31)32/h1-12H,13-14H2/b22-12+. The van der Waals surface area contributed by atoms with Crippen LogP contribution in [0.2, 0.25) is 5.02 Å². The third-order valence-corrected chi connectivity index (χ3v) is 6.24. The largest absolute Gasteiger partial charge is 0.489 e. The van der Waals surface area contributed by atoms with Crippen molar-refractivity contribution in [3.05, 3.63) is 109 Å². The number of amides is 2. The van der Waals surface area contributed by atoms with Crippen LogP contribution in [0.15, 0.2) is 71.6 Å². The van der Waals surface area contributed by atoms with E-state index in [4.69, 9.17) is 16.3 Å². The summed E-state index contributed by atoms with van der Waals surface area (Å²) in [7, 11) is 0. The van der Waals surface area contributed by atoms with Crippen molar-refractivity contribution in [2.75, 3.05) is 0 Å². The molecule has 1 saturated heterocycles. The topological polar surface area (TPSA) is 89.7 Å². The van der Waals surface area contributed by atoms with Gasteiger partial charge >= 0.3 is 0 Å². The van der Waals surface area contributed by atoms with Gasteiger partial charge in [0.2, 0.25) is 0 Å². The minimum Gasteiger partial charge on any atom is -0.489 e. The molecule has 0 saturated carbocycles. The fourth-order valence-electron chi connectivity index (χ4n) is 3.17. The molecule has 3 aromatic carbocycles. The summed E-state index contributed by atoms with van der Waals surface area (Å²) < 4.78 is 19.8. The maximum Gasteiger partial charge on any atom is 0.293 e. The molecule has 34 heavy (non-hydrogen) atoms. The molecule has 1 aliphatic heterocycles. The molecule has 1 aliphatic rings. The smallest absolute Gasteiger partial charge is 0.293 e. The van der Waals surface area contributed by atoms with E-state index in [2.05, 4.69) is 0 Å². The van der Waals surface area contributed by atoms with Gasteiger partial charge in [-0.1, -0.05) is 29.8 Å². The number of thioether (sulfide) groups is 1. The van der Waals surface area contributed by atoms with Crippen molar-refractivity contribution in [3.63, 3.8) is 0 Å². The third-order valence-electron chi connectivity index (χ3n) is 4.98. The molecule has 1 fully saturated rings. The molecule has 10 heteroatoms. The zero-order valence-corrected chi connectivity index (χ0v) is 19.0. The number of halogens is 2. The average Bonchev–Trinajstić information content (AvgIpc) is 3.08. The SMILES string of the molecule is O=C1S/C(=C/c2ccc(OCc3ccc([N+](=O)[O-])cc3)cc2)C(=O)N1Cc1c(F)cccc1Cl. The number of ether oxygens (including phenoxy) is 1. The Balaban J connectivity index is 1.40. The Morgan fingerprint density at radius 2 is 1.76 bits per heavy atom. The lowest BCUT2D eigenvalue weighted by Gasteiger charge is -2.14. The highest BCUT2D eigenvalue weighted by atomic mass is 35.5. The molecule has 3 aromatic rings. The predicted octanol–water partition coefficient (Wildman–Crippen LogP) is 6.20. The predicted molar refractivity (Wildman–Crippen MR) is 127 cm³/mol. The van der Waals surface area contributed by atoms with Crippen molar-refractivity contribution in [2.45, 2.75) is 13.2 Å². The summed E-state index contributed by atoms with van der Waals surface area (Å²) in [5, 5.41) is 10.4. The Labute approximate surface area is 202 Å². The second kappa shape index (κ2) is 10.1. The van der Waals surface area contributed by atoms with Crippen LogP contribution in [0.1, 0.15) is 16.7 Å². The zero-order valence-electron chi connectivity index (χ0n) is 17.4. The van der Waals surface area contributed by atoms with Gasteiger partial charge in [-0.3, -0.25) is 24.6 Å². The molecular formula is C24H16ClFN2O5S. The summed E-state index contributed by atoms with van der Waals surface area (Å²) in [5.41, 5.74) is 1.55. The number of non-ortho nitro benzene ring substituents is 1. The lowest BCUT2D eigenvalue weighted by Crippen LogP contribution is -2.28. The maximum absolute atomic E-state index is 14.1. The molecule has 0 radical (unpaired) electrons. The van der Waals surface area contributed by atoms with Gasteiger partial charge < -0.3 is 4.74 Å². The number of benzene rings is 3. The van der Waals surface area contributed by atoms with Crippen LogP contribution in [0.3, 0.4) is 0 Å².